The van der Waals surface area contributed by atoms with E-state index in [1.54, 1.807) is 23.5 Å². The number of halogens is 1. The molecule has 0 aliphatic carbocycles. The van der Waals surface area contributed by atoms with Gasteiger partial charge in [-0.1, -0.05) is 13.8 Å². The van der Waals surface area contributed by atoms with Crippen molar-refractivity contribution in [3.05, 3.63) is 46.2 Å². The van der Waals surface area contributed by atoms with Gasteiger partial charge in [-0.3, -0.25) is 0 Å². The lowest BCUT2D eigenvalue weighted by molar-refractivity contribution is 0.305. The minimum atomic E-state index is -0.259. The molecule has 1 aromatic heterocycles. The van der Waals surface area contributed by atoms with Crippen molar-refractivity contribution >= 4 is 11.3 Å². The van der Waals surface area contributed by atoms with E-state index in [9.17, 15) is 4.39 Å². The molecule has 0 amide bonds. The van der Waals surface area contributed by atoms with Gasteiger partial charge in [-0.25, -0.2) is 9.37 Å². The SMILES string of the molecule is CC(C)CNCc1cnc(COc2ccc(F)cc2)s1. The van der Waals surface area contributed by atoms with E-state index in [4.69, 9.17) is 4.74 Å². The summed E-state index contributed by atoms with van der Waals surface area (Å²) in [5.74, 6) is 1.04. The number of thiazole rings is 1. The third-order valence-corrected chi connectivity index (χ3v) is 3.60. The Labute approximate surface area is 122 Å². The highest BCUT2D eigenvalue weighted by atomic mass is 32.1. The van der Waals surface area contributed by atoms with Crippen molar-refractivity contribution in [2.75, 3.05) is 6.54 Å². The third-order valence-electron chi connectivity index (χ3n) is 2.63. The van der Waals surface area contributed by atoms with Crippen LogP contribution in [0.15, 0.2) is 30.5 Å². The Balaban J connectivity index is 1.79. The minimum Gasteiger partial charge on any atom is -0.486 e. The van der Waals surface area contributed by atoms with Crippen molar-refractivity contribution in [1.82, 2.24) is 10.3 Å². The second-order valence-corrected chi connectivity index (χ2v) is 6.19. The van der Waals surface area contributed by atoms with Crippen LogP contribution >= 0.6 is 11.3 Å². The molecule has 0 aliphatic rings. The van der Waals surface area contributed by atoms with Gasteiger partial charge in [0.15, 0.2) is 0 Å². The van der Waals surface area contributed by atoms with Crippen molar-refractivity contribution in [1.29, 1.82) is 0 Å². The number of benzene rings is 1. The number of nitrogens with one attached hydrogen (secondary N) is 1. The van der Waals surface area contributed by atoms with Crippen LogP contribution in [0.5, 0.6) is 5.75 Å². The monoisotopic (exact) mass is 294 g/mol. The highest BCUT2D eigenvalue weighted by Crippen LogP contribution is 2.17. The lowest BCUT2D eigenvalue weighted by atomic mass is 10.2. The number of nitrogens with zero attached hydrogens (tertiary/aromatic N) is 1. The second-order valence-electron chi connectivity index (χ2n) is 4.99. The summed E-state index contributed by atoms with van der Waals surface area (Å²) in [7, 11) is 0. The zero-order valence-electron chi connectivity index (χ0n) is 11.7. The van der Waals surface area contributed by atoms with Gasteiger partial charge in [0, 0.05) is 17.6 Å². The Bertz CT molecular complexity index is 525. The largest absolute Gasteiger partial charge is 0.486 e. The predicted molar refractivity (Wildman–Crippen MR) is 79.4 cm³/mol. The van der Waals surface area contributed by atoms with Crippen LogP contribution in [-0.4, -0.2) is 11.5 Å². The van der Waals surface area contributed by atoms with Crippen LogP contribution in [0.1, 0.15) is 23.7 Å². The van der Waals surface area contributed by atoms with Crippen molar-refractivity contribution in [2.45, 2.75) is 27.0 Å². The van der Waals surface area contributed by atoms with Gasteiger partial charge in [0.05, 0.1) is 0 Å². The predicted octanol–water partition coefficient (Wildman–Crippen LogP) is 3.61. The number of hydrogen-bond donors (Lipinski definition) is 1. The smallest absolute Gasteiger partial charge is 0.140 e. The molecule has 0 spiro atoms. The van der Waals surface area contributed by atoms with E-state index in [1.165, 1.54) is 17.0 Å². The molecule has 0 unspecified atom stereocenters. The molecule has 0 saturated carbocycles. The van der Waals surface area contributed by atoms with Gasteiger partial charge in [0.1, 0.15) is 23.2 Å². The lowest BCUT2D eigenvalue weighted by Gasteiger charge is -2.05. The first-order chi connectivity index (χ1) is 9.63. The maximum atomic E-state index is 12.8. The van der Waals surface area contributed by atoms with Gasteiger partial charge in [0.25, 0.3) is 0 Å². The van der Waals surface area contributed by atoms with E-state index in [2.05, 4.69) is 24.1 Å². The standard InChI is InChI=1S/C15H19FN2OS/c1-11(2)7-17-8-14-9-18-15(20-14)10-19-13-5-3-12(16)4-6-13/h3-6,9,11,17H,7-8,10H2,1-2H3. The molecule has 0 aliphatic heterocycles. The fraction of sp³-hybridized carbons (Fsp3) is 0.400. The Morgan fingerprint density at radius 1 is 1.30 bits per heavy atom. The molecule has 5 heteroatoms. The molecule has 1 N–H and O–H groups in total. The Morgan fingerprint density at radius 3 is 2.75 bits per heavy atom. The van der Waals surface area contributed by atoms with Crippen molar-refractivity contribution in [3.63, 3.8) is 0 Å². The maximum Gasteiger partial charge on any atom is 0.140 e. The topological polar surface area (TPSA) is 34.2 Å². The third kappa shape index (κ3) is 4.90. The van der Waals surface area contributed by atoms with Gasteiger partial charge >= 0.3 is 0 Å². The Hall–Kier alpha value is -1.46. The van der Waals surface area contributed by atoms with Crippen molar-refractivity contribution < 1.29 is 9.13 Å². The van der Waals surface area contributed by atoms with E-state index in [0.717, 1.165) is 18.1 Å². The summed E-state index contributed by atoms with van der Waals surface area (Å²) < 4.78 is 18.3. The van der Waals surface area contributed by atoms with E-state index in [1.807, 2.05) is 6.20 Å². The Kier molecular flexibility index (Phi) is 5.49. The molecule has 0 fully saturated rings. The van der Waals surface area contributed by atoms with Crippen LogP contribution in [0.3, 0.4) is 0 Å². The lowest BCUT2D eigenvalue weighted by Crippen LogP contribution is -2.18. The number of aromatic nitrogens is 1. The Morgan fingerprint density at radius 2 is 2.05 bits per heavy atom. The highest BCUT2D eigenvalue weighted by molar-refractivity contribution is 7.11. The molecule has 1 heterocycles. The summed E-state index contributed by atoms with van der Waals surface area (Å²) >= 11 is 1.63. The average Bonchev–Trinajstić information content (AvgIpc) is 2.86. The van der Waals surface area contributed by atoms with E-state index in [-0.39, 0.29) is 5.82 Å². The summed E-state index contributed by atoms with van der Waals surface area (Å²) in [6.45, 7) is 6.62. The molecule has 0 atom stereocenters. The normalized spacial score (nSPS) is 11.0. The number of hydrogen-bond acceptors (Lipinski definition) is 4. The molecule has 1 aromatic carbocycles. The molecular formula is C15H19FN2OS. The van der Waals surface area contributed by atoms with E-state index < -0.39 is 0 Å². The van der Waals surface area contributed by atoms with Crippen molar-refractivity contribution in [3.8, 4) is 5.75 Å². The molecule has 0 radical (unpaired) electrons. The van der Waals surface area contributed by atoms with Crippen LogP contribution < -0.4 is 10.1 Å². The average molecular weight is 294 g/mol. The fourth-order valence-electron chi connectivity index (χ4n) is 1.66. The van der Waals surface area contributed by atoms with Crippen molar-refractivity contribution in [2.24, 2.45) is 5.92 Å². The first kappa shape index (κ1) is 14.9. The van der Waals surface area contributed by atoms with Gasteiger partial charge in [-0.15, -0.1) is 11.3 Å². The zero-order valence-corrected chi connectivity index (χ0v) is 12.5. The first-order valence-corrected chi connectivity index (χ1v) is 7.48. The van der Waals surface area contributed by atoms with Crippen LogP contribution in [0, 0.1) is 11.7 Å². The van der Waals surface area contributed by atoms with Crippen LogP contribution in [-0.2, 0) is 13.2 Å². The molecule has 3 nitrogen and oxygen atoms in total. The first-order valence-electron chi connectivity index (χ1n) is 6.66. The molecule has 2 aromatic rings. The summed E-state index contributed by atoms with van der Waals surface area (Å²) in [6.07, 6.45) is 1.88. The summed E-state index contributed by atoms with van der Waals surface area (Å²) in [5.41, 5.74) is 0. The van der Waals surface area contributed by atoms with Gasteiger partial charge < -0.3 is 10.1 Å². The van der Waals surface area contributed by atoms with E-state index in [0.29, 0.717) is 18.3 Å². The molecule has 108 valence electrons. The van der Waals surface area contributed by atoms with Crippen LogP contribution in [0.2, 0.25) is 0 Å². The highest BCUT2D eigenvalue weighted by Gasteiger charge is 2.03. The van der Waals surface area contributed by atoms with Crippen LogP contribution in [0.4, 0.5) is 4.39 Å². The summed E-state index contributed by atoms with van der Waals surface area (Å²) in [6, 6.07) is 6.01. The maximum absolute atomic E-state index is 12.8. The molecule has 2 rings (SSSR count). The molecular weight excluding hydrogens is 275 g/mol. The molecule has 0 saturated heterocycles. The summed E-state index contributed by atoms with van der Waals surface area (Å²) in [5, 5.41) is 4.31. The molecule has 0 bridgehead atoms. The zero-order chi connectivity index (χ0) is 14.4. The van der Waals surface area contributed by atoms with Gasteiger partial charge in [-0.2, -0.15) is 0 Å². The minimum absolute atomic E-state index is 0.259. The second kappa shape index (κ2) is 7.36. The van der Waals surface area contributed by atoms with Gasteiger partial charge in [-0.05, 0) is 36.7 Å². The quantitative estimate of drug-likeness (QED) is 0.847. The molecule has 20 heavy (non-hydrogen) atoms. The van der Waals surface area contributed by atoms with E-state index >= 15 is 0 Å². The number of ether oxygens (including phenoxy) is 1. The van der Waals surface area contributed by atoms with Crippen LogP contribution in [0.25, 0.3) is 0 Å². The fourth-order valence-corrected chi connectivity index (χ4v) is 2.46. The number of rotatable bonds is 7. The summed E-state index contributed by atoms with van der Waals surface area (Å²) in [4.78, 5) is 5.52. The van der Waals surface area contributed by atoms with Gasteiger partial charge in [0.2, 0.25) is 0 Å².